The van der Waals surface area contributed by atoms with Crippen molar-refractivity contribution in [2.45, 2.75) is 24.9 Å². The fourth-order valence-electron chi connectivity index (χ4n) is 2.82. The quantitative estimate of drug-likeness (QED) is 0.497. The number of nitrogens with one attached hydrogen (secondary N) is 1. The number of H-pyrrole nitrogens is 1. The predicted molar refractivity (Wildman–Crippen MR) is 112 cm³/mol. The highest BCUT2D eigenvalue weighted by atomic mass is 32.2. The van der Waals surface area contributed by atoms with Crippen molar-refractivity contribution in [1.29, 1.82) is 0 Å². The van der Waals surface area contributed by atoms with Gasteiger partial charge in [-0.1, -0.05) is 35.9 Å². The van der Waals surface area contributed by atoms with Crippen molar-refractivity contribution in [2.75, 3.05) is 13.3 Å². The highest BCUT2D eigenvalue weighted by molar-refractivity contribution is 7.98. The summed E-state index contributed by atoms with van der Waals surface area (Å²) < 4.78 is 2.19. The first kappa shape index (κ1) is 19.4. The average molecular weight is 399 g/mol. The third-order valence-electron chi connectivity index (χ3n) is 4.33. The fraction of sp³-hybridized carbons (Fsp3) is 0.250. The smallest absolute Gasteiger partial charge is 0.242 e. The molecule has 1 N–H and O–H groups in total. The molecule has 0 fully saturated rings. The van der Waals surface area contributed by atoms with E-state index in [2.05, 4.69) is 34.5 Å². The molecule has 0 aliphatic carbocycles. The van der Waals surface area contributed by atoms with Crippen LogP contribution < -0.4 is 0 Å². The number of rotatable bonds is 6. The van der Waals surface area contributed by atoms with Gasteiger partial charge in [-0.2, -0.15) is 5.10 Å². The second-order valence-corrected chi connectivity index (χ2v) is 7.67. The van der Waals surface area contributed by atoms with Crippen LogP contribution in [0.3, 0.4) is 0 Å². The Morgan fingerprint density at radius 1 is 1.26 bits per heavy atom. The number of hydrogen-bond donors (Lipinski definition) is 1. The van der Waals surface area contributed by atoms with Gasteiger partial charge in [0.2, 0.25) is 5.91 Å². The van der Waals surface area contributed by atoms with Crippen molar-refractivity contribution in [3.63, 3.8) is 0 Å². The van der Waals surface area contributed by atoms with Gasteiger partial charge in [-0.3, -0.25) is 14.5 Å². The van der Waals surface area contributed by atoms with Crippen LogP contribution in [0.4, 0.5) is 0 Å². The van der Waals surface area contributed by atoms with Crippen LogP contribution in [-0.4, -0.2) is 38.9 Å². The van der Waals surface area contributed by atoms with Crippen LogP contribution >= 0.6 is 24.0 Å². The maximum atomic E-state index is 12.8. The van der Waals surface area contributed by atoms with Gasteiger partial charge in [0.1, 0.15) is 6.54 Å². The Labute approximate surface area is 168 Å². The van der Waals surface area contributed by atoms with Crippen LogP contribution in [0.1, 0.15) is 11.1 Å². The Kier molecular flexibility index (Phi) is 6.13. The number of hydrogen-bond acceptors (Lipinski definition) is 4. The molecule has 0 saturated heterocycles. The van der Waals surface area contributed by atoms with Crippen molar-refractivity contribution >= 4 is 29.9 Å². The zero-order chi connectivity index (χ0) is 19.4. The van der Waals surface area contributed by atoms with E-state index in [1.807, 2.05) is 37.4 Å². The minimum atomic E-state index is -0.0182. The lowest BCUT2D eigenvalue weighted by Crippen LogP contribution is -2.30. The summed E-state index contributed by atoms with van der Waals surface area (Å²) in [6, 6.07) is 16.2. The van der Waals surface area contributed by atoms with Gasteiger partial charge in [0.05, 0.1) is 0 Å². The van der Waals surface area contributed by atoms with E-state index in [1.54, 1.807) is 28.3 Å². The van der Waals surface area contributed by atoms with E-state index < -0.39 is 0 Å². The first-order chi connectivity index (χ1) is 13.0. The molecule has 0 bridgehead atoms. The molecule has 1 amide bonds. The lowest BCUT2D eigenvalue weighted by atomic mass is 10.1. The van der Waals surface area contributed by atoms with Crippen molar-refractivity contribution < 1.29 is 4.79 Å². The largest absolute Gasteiger partial charge is 0.340 e. The molecule has 5 nitrogen and oxygen atoms in total. The highest BCUT2D eigenvalue weighted by Gasteiger charge is 2.15. The van der Waals surface area contributed by atoms with E-state index in [0.717, 1.165) is 16.7 Å². The number of carbonyl (C=O) groups is 1. The summed E-state index contributed by atoms with van der Waals surface area (Å²) in [5, 5.41) is 7.12. The molecule has 0 aliphatic heterocycles. The standard InChI is InChI=1S/C20H22N4OS2/c1-14-5-4-6-16(11-14)19-21-22-20(26)24(19)13-18(25)23(2)12-15-7-9-17(27-3)10-8-15/h4-11H,12-13H2,1-3H3,(H,22,26). The molecule has 0 atom stereocenters. The molecule has 0 spiro atoms. The topological polar surface area (TPSA) is 53.9 Å². The molecule has 0 radical (unpaired) electrons. The molecule has 7 heteroatoms. The first-order valence-electron chi connectivity index (χ1n) is 8.57. The molecule has 0 saturated carbocycles. The molecule has 140 valence electrons. The molecular weight excluding hydrogens is 376 g/mol. The average Bonchev–Trinajstić information content (AvgIpc) is 3.03. The van der Waals surface area contributed by atoms with Gasteiger partial charge in [-0.25, -0.2) is 0 Å². The van der Waals surface area contributed by atoms with Crippen LogP contribution in [0.25, 0.3) is 11.4 Å². The number of aromatic nitrogens is 3. The number of carbonyl (C=O) groups excluding carboxylic acids is 1. The second kappa shape index (κ2) is 8.54. The molecule has 0 aliphatic rings. The summed E-state index contributed by atoms with van der Waals surface area (Å²) >= 11 is 7.04. The maximum absolute atomic E-state index is 12.8. The van der Waals surface area contributed by atoms with Gasteiger partial charge < -0.3 is 4.90 Å². The van der Waals surface area contributed by atoms with Crippen LogP contribution in [0.5, 0.6) is 0 Å². The Morgan fingerprint density at radius 2 is 2.00 bits per heavy atom. The van der Waals surface area contributed by atoms with E-state index in [4.69, 9.17) is 12.2 Å². The van der Waals surface area contributed by atoms with Crippen LogP contribution in [-0.2, 0) is 17.9 Å². The Balaban J connectivity index is 1.75. The summed E-state index contributed by atoms with van der Waals surface area (Å²) in [4.78, 5) is 15.7. The zero-order valence-electron chi connectivity index (χ0n) is 15.6. The van der Waals surface area contributed by atoms with Gasteiger partial charge in [-0.15, -0.1) is 11.8 Å². The number of amides is 1. The monoisotopic (exact) mass is 398 g/mol. The number of benzene rings is 2. The summed E-state index contributed by atoms with van der Waals surface area (Å²) in [5.74, 6) is 0.658. The number of aryl methyl sites for hydroxylation is 1. The molecule has 3 aromatic rings. The van der Waals surface area contributed by atoms with E-state index in [0.29, 0.717) is 17.1 Å². The van der Waals surface area contributed by atoms with Crippen LogP contribution in [0.2, 0.25) is 0 Å². The lowest BCUT2D eigenvalue weighted by Gasteiger charge is -2.18. The van der Waals surface area contributed by atoms with Crippen molar-refractivity contribution in [3.05, 3.63) is 64.4 Å². The Hall–Kier alpha value is -2.38. The summed E-state index contributed by atoms with van der Waals surface area (Å²) in [7, 11) is 1.81. The van der Waals surface area contributed by atoms with E-state index >= 15 is 0 Å². The zero-order valence-corrected chi connectivity index (χ0v) is 17.2. The molecule has 1 heterocycles. The molecule has 27 heavy (non-hydrogen) atoms. The van der Waals surface area contributed by atoms with Gasteiger partial charge in [0.25, 0.3) is 0 Å². The minimum absolute atomic E-state index is 0.0182. The summed E-state index contributed by atoms with van der Waals surface area (Å²) in [6.45, 7) is 2.73. The van der Waals surface area contributed by atoms with Gasteiger partial charge >= 0.3 is 0 Å². The SMILES string of the molecule is CSc1ccc(CN(C)C(=O)Cn2c(-c3cccc(C)c3)n[nH]c2=S)cc1. The molecule has 2 aromatic carbocycles. The number of thioether (sulfide) groups is 1. The van der Waals surface area contributed by atoms with E-state index in [9.17, 15) is 4.79 Å². The van der Waals surface area contributed by atoms with Crippen molar-refractivity contribution in [3.8, 4) is 11.4 Å². The third kappa shape index (κ3) is 4.67. The first-order valence-corrected chi connectivity index (χ1v) is 10.2. The number of nitrogens with zero attached hydrogens (tertiary/aromatic N) is 3. The Bertz CT molecular complexity index is 992. The van der Waals surface area contributed by atoms with E-state index in [-0.39, 0.29) is 12.5 Å². The third-order valence-corrected chi connectivity index (χ3v) is 5.39. The van der Waals surface area contributed by atoms with Gasteiger partial charge in [-0.05, 0) is 49.2 Å². The molecule has 3 rings (SSSR count). The van der Waals surface area contributed by atoms with E-state index in [1.165, 1.54) is 4.90 Å². The lowest BCUT2D eigenvalue weighted by molar-refractivity contribution is -0.131. The molecule has 0 unspecified atom stereocenters. The van der Waals surface area contributed by atoms with Crippen molar-refractivity contribution in [2.24, 2.45) is 0 Å². The van der Waals surface area contributed by atoms with Crippen LogP contribution in [0.15, 0.2) is 53.4 Å². The summed E-state index contributed by atoms with van der Waals surface area (Å²) in [5.41, 5.74) is 3.16. The highest BCUT2D eigenvalue weighted by Crippen LogP contribution is 2.19. The Morgan fingerprint density at radius 3 is 2.67 bits per heavy atom. The van der Waals surface area contributed by atoms with Crippen molar-refractivity contribution in [1.82, 2.24) is 19.7 Å². The number of aromatic amines is 1. The maximum Gasteiger partial charge on any atom is 0.242 e. The predicted octanol–water partition coefficient (Wildman–Crippen LogP) is 4.30. The normalized spacial score (nSPS) is 10.8. The molecule has 1 aromatic heterocycles. The minimum Gasteiger partial charge on any atom is -0.340 e. The summed E-state index contributed by atoms with van der Waals surface area (Å²) in [6.07, 6.45) is 2.05. The second-order valence-electron chi connectivity index (χ2n) is 6.41. The fourth-order valence-corrected chi connectivity index (χ4v) is 3.42. The van der Waals surface area contributed by atoms with Gasteiger partial charge in [0.15, 0.2) is 10.6 Å². The molecular formula is C20H22N4OS2. The number of likely N-dealkylation sites (N-methyl/N-ethyl adjacent to an activating group) is 1. The van der Waals surface area contributed by atoms with Crippen LogP contribution in [0, 0.1) is 11.7 Å². The van der Waals surface area contributed by atoms with Gasteiger partial charge in [0, 0.05) is 24.1 Å².